The predicted octanol–water partition coefficient (Wildman–Crippen LogP) is 5.78. The highest BCUT2D eigenvalue weighted by Crippen LogP contribution is 2.37. The van der Waals surface area contributed by atoms with Gasteiger partial charge in [0.05, 0.1) is 5.52 Å². The molecule has 0 atom stereocenters. The fraction of sp³-hybridized carbons (Fsp3) is 0.125. The van der Waals surface area contributed by atoms with Gasteiger partial charge in [0.25, 0.3) is 0 Å². The van der Waals surface area contributed by atoms with E-state index < -0.39 is 0 Å². The SMILES string of the molecule is CC(=O)c1ccccc1-c1nnc2cc(C)ccc2c1-c1ccc(C)cc1. The largest absolute Gasteiger partial charge is 0.294 e. The molecule has 3 aromatic carbocycles. The summed E-state index contributed by atoms with van der Waals surface area (Å²) in [5, 5.41) is 10.1. The average molecular weight is 352 g/mol. The van der Waals surface area contributed by atoms with Gasteiger partial charge in [-0.25, -0.2) is 0 Å². The van der Waals surface area contributed by atoms with E-state index in [-0.39, 0.29) is 5.78 Å². The van der Waals surface area contributed by atoms with Gasteiger partial charge in [0.15, 0.2) is 5.78 Å². The van der Waals surface area contributed by atoms with Crippen LogP contribution in [0.15, 0.2) is 66.7 Å². The maximum Gasteiger partial charge on any atom is 0.160 e. The monoisotopic (exact) mass is 352 g/mol. The number of hydrogen-bond acceptors (Lipinski definition) is 3. The molecule has 0 spiro atoms. The first-order valence-electron chi connectivity index (χ1n) is 8.99. The molecule has 0 bridgehead atoms. The lowest BCUT2D eigenvalue weighted by Crippen LogP contribution is -2.01. The van der Waals surface area contributed by atoms with E-state index in [0.29, 0.717) is 5.56 Å². The summed E-state index contributed by atoms with van der Waals surface area (Å²) >= 11 is 0. The highest BCUT2D eigenvalue weighted by Gasteiger charge is 2.18. The van der Waals surface area contributed by atoms with E-state index in [4.69, 9.17) is 0 Å². The molecular weight excluding hydrogens is 332 g/mol. The minimum Gasteiger partial charge on any atom is -0.294 e. The van der Waals surface area contributed by atoms with Gasteiger partial charge < -0.3 is 0 Å². The number of carbonyl (C=O) groups excluding carboxylic acids is 1. The van der Waals surface area contributed by atoms with Crippen molar-refractivity contribution in [3.63, 3.8) is 0 Å². The zero-order valence-corrected chi connectivity index (χ0v) is 15.7. The summed E-state index contributed by atoms with van der Waals surface area (Å²) in [5.74, 6) is 0.0197. The maximum absolute atomic E-state index is 12.2. The van der Waals surface area contributed by atoms with Gasteiger partial charge in [0, 0.05) is 22.1 Å². The summed E-state index contributed by atoms with van der Waals surface area (Å²) in [7, 11) is 0. The van der Waals surface area contributed by atoms with Crippen molar-refractivity contribution >= 4 is 16.7 Å². The Kier molecular flexibility index (Phi) is 4.28. The third-order valence-corrected chi connectivity index (χ3v) is 4.82. The number of aromatic nitrogens is 2. The van der Waals surface area contributed by atoms with Gasteiger partial charge in [0.1, 0.15) is 5.69 Å². The number of Topliss-reactive ketones (excluding diaryl/α,β-unsaturated/α-hetero) is 1. The second-order valence-corrected chi connectivity index (χ2v) is 6.91. The van der Waals surface area contributed by atoms with Crippen LogP contribution in [0, 0.1) is 13.8 Å². The molecule has 0 N–H and O–H groups in total. The summed E-state index contributed by atoms with van der Waals surface area (Å²) in [5.41, 5.74) is 7.49. The Morgan fingerprint density at radius 2 is 1.52 bits per heavy atom. The first-order valence-corrected chi connectivity index (χ1v) is 8.99. The van der Waals surface area contributed by atoms with Crippen LogP contribution in [0.5, 0.6) is 0 Å². The van der Waals surface area contributed by atoms with E-state index in [2.05, 4.69) is 53.5 Å². The molecule has 0 aliphatic carbocycles. The van der Waals surface area contributed by atoms with Gasteiger partial charge in [-0.05, 0) is 38.0 Å². The van der Waals surface area contributed by atoms with Gasteiger partial charge in [0.2, 0.25) is 0 Å². The molecule has 0 amide bonds. The first kappa shape index (κ1) is 17.1. The van der Waals surface area contributed by atoms with Crippen LogP contribution in [0.2, 0.25) is 0 Å². The van der Waals surface area contributed by atoms with Crippen molar-refractivity contribution < 1.29 is 4.79 Å². The van der Waals surface area contributed by atoms with Crippen LogP contribution in [0.3, 0.4) is 0 Å². The molecule has 0 saturated carbocycles. The Balaban J connectivity index is 2.10. The Morgan fingerprint density at radius 1 is 0.815 bits per heavy atom. The van der Waals surface area contributed by atoms with E-state index in [1.54, 1.807) is 6.92 Å². The van der Waals surface area contributed by atoms with Crippen LogP contribution in [-0.2, 0) is 0 Å². The molecule has 27 heavy (non-hydrogen) atoms. The summed E-state index contributed by atoms with van der Waals surface area (Å²) in [6.45, 7) is 5.70. The van der Waals surface area contributed by atoms with E-state index in [0.717, 1.165) is 38.9 Å². The molecule has 1 aromatic heterocycles. The van der Waals surface area contributed by atoms with Crippen molar-refractivity contribution in [3.8, 4) is 22.4 Å². The second-order valence-electron chi connectivity index (χ2n) is 6.91. The number of fused-ring (bicyclic) bond motifs is 1. The van der Waals surface area contributed by atoms with Crippen LogP contribution in [0.1, 0.15) is 28.4 Å². The van der Waals surface area contributed by atoms with Crippen molar-refractivity contribution in [2.45, 2.75) is 20.8 Å². The molecule has 3 nitrogen and oxygen atoms in total. The van der Waals surface area contributed by atoms with Gasteiger partial charge in [-0.1, -0.05) is 66.2 Å². The topological polar surface area (TPSA) is 42.9 Å². The number of benzene rings is 3. The second kappa shape index (κ2) is 6.76. The molecule has 4 aromatic rings. The van der Waals surface area contributed by atoms with Crippen molar-refractivity contribution in [2.24, 2.45) is 0 Å². The fourth-order valence-electron chi connectivity index (χ4n) is 3.41. The number of aryl methyl sites for hydroxylation is 2. The molecule has 0 saturated heterocycles. The molecule has 1 heterocycles. The van der Waals surface area contributed by atoms with Crippen LogP contribution in [0.4, 0.5) is 0 Å². The van der Waals surface area contributed by atoms with Crippen molar-refractivity contribution in [3.05, 3.63) is 83.4 Å². The van der Waals surface area contributed by atoms with Gasteiger partial charge in [-0.2, -0.15) is 0 Å². The summed E-state index contributed by atoms with van der Waals surface area (Å²) in [6, 6.07) is 22.2. The molecule has 3 heteroatoms. The maximum atomic E-state index is 12.2. The van der Waals surface area contributed by atoms with Crippen LogP contribution in [0.25, 0.3) is 33.3 Å². The molecular formula is C24H20N2O. The predicted molar refractivity (Wildman–Crippen MR) is 110 cm³/mol. The lowest BCUT2D eigenvalue weighted by molar-refractivity contribution is 0.101. The Hall–Kier alpha value is -3.33. The highest BCUT2D eigenvalue weighted by molar-refractivity contribution is 6.06. The van der Waals surface area contributed by atoms with E-state index in [9.17, 15) is 4.79 Å². The van der Waals surface area contributed by atoms with Crippen molar-refractivity contribution in [1.82, 2.24) is 10.2 Å². The Morgan fingerprint density at radius 3 is 2.26 bits per heavy atom. The van der Waals surface area contributed by atoms with E-state index in [1.165, 1.54) is 5.56 Å². The summed E-state index contributed by atoms with van der Waals surface area (Å²) in [6.07, 6.45) is 0. The Bertz CT molecular complexity index is 1160. The minimum atomic E-state index is 0.0197. The normalized spacial score (nSPS) is 10.9. The first-order chi connectivity index (χ1) is 13.0. The smallest absolute Gasteiger partial charge is 0.160 e. The number of ketones is 1. The quantitative estimate of drug-likeness (QED) is 0.439. The Labute approximate surface area is 158 Å². The van der Waals surface area contributed by atoms with E-state index in [1.807, 2.05) is 37.3 Å². The lowest BCUT2D eigenvalue weighted by Gasteiger charge is -2.14. The number of hydrogen-bond donors (Lipinski definition) is 0. The standard InChI is InChI=1S/C24H20N2O/c1-15-8-11-18(12-9-15)23-21-13-10-16(2)14-22(21)25-26-24(23)20-7-5-4-6-19(20)17(3)27/h4-14H,1-3H3. The molecule has 0 fully saturated rings. The van der Waals surface area contributed by atoms with Gasteiger partial charge in [-0.3, -0.25) is 4.79 Å². The minimum absolute atomic E-state index is 0.0197. The molecule has 0 radical (unpaired) electrons. The third-order valence-electron chi connectivity index (χ3n) is 4.82. The highest BCUT2D eigenvalue weighted by atomic mass is 16.1. The average Bonchev–Trinajstić information content (AvgIpc) is 2.67. The number of nitrogens with zero attached hydrogens (tertiary/aromatic N) is 2. The zero-order chi connectivity index (χ0) is 19.0. The van der Waals surface area contributed by atoms with Gasteiger partial charge in [-0.15, -0.1) is 10.2 Å². The summed E-state index contributed by atoms with van der Waals surface area (Å²) < 4.78 is 0. The molecule has 0 aliphatic rings. The molecule has 0 unspecified atom stereocenters. The zero-order valence-electron chi connectivity index (χ0n) is 15.7. The summed E-state index contributed by atoms with van der Waals surface area (Å²) in [4.78, 5) is 12.2. The van der Waals surface area contributed by atoms with Gasteiger partial charge >= 0.3 is 0 Å². The van der Waals surface area contributed by atoms with Crippen molar-refractivity contribution in [2.75, 3.05) is 0 Å². The fourth-order valence-corrected chi connectivity index (χ4v) is 3.41. The van der Waals surface area contributed by atoms with Crippen LogP contribution >= 0.6 is 0 Å². The number of carbonyl (C=O) groups is 1. The lowest BCUT2D eigenvalue weighted by atomic mass is 9.92. The molecule has 0 aliphatic heterocycles. The van der Waals surface area contributed by atoms with Crippen LogP contribution in [-0.4, -0.2) is 16.0 Å². The van der Waals surface area contributed by atoms with Crippen LogP contribution < -0.4 is 0 Å². The number of rotatable bonds is 3. The van der Waals surface area contributed by atoms with E-state index >= 15 is 0 Å². The molecule has 4 rings (SSSR count). The van der Waals surface area contributed by atoms with Crippen molar-refractivity contribution in [1.29, 1.82) is 0 Å². The third kappa shape index (κ3) is 3.13. The molecule has 132 valence electrons.